The fraction of sp³-hybridized carbons (Fsp3) is 0.647. The van der Waals surface area contributed by atoms with Crippen molar-refractivity contribution in [3.8, 4) is 0 Å². The molecule has 0 heterocycles. The summed E-state index contributed by atoms with van der Waals surface area (Å²) in [6.45, 7) is 8.71. The Morgan fingerprint density at radius 3 is 2.22 bits per heavy atom. The van der Waals surface area contributed by atoms with Gasteiger partial charge in [-0.15, -0.1) is 0 Å². The molecule has 1 heteroatoms. The normalized spacial score (nSPS) is 12.0. The Hall–Kier alpha value is -0.980. The molecule has 0 rings (SSSR count). The number of ether oxygens (including phenoxy) is 1. The van der Waals surface area contributed by atoms with Gasteiger partial charge >= 0.3 is 0 Å². The first-order valence-corrected chi connectivity index (χ1v) is 7.46. The minimum atomic E-state index is 0.754. The molecule has 18 heavy (non-hydrogen) atoms. The molecule has 0 spiro atoms. The van der Waals surface area contributed by atoms with Crippen LogP contribution in [0.15, 0.2) is 36.6 Å². The summed E-state index contributed by atoms with van der Waals surface area (Å²) in [5.41, 5.74) is 0. The minimum Gasteiger partial charge on any atom is -0.498 e. The van der Waals surface area contributed by atoms with Crippen molar-refractivity contribution in [2.45, 2.75) is 65.2 Å². The highest BCUT2D eigenvalue weighted by Gasteiger charge is 1.97. The lowest BCUT2D eigenvalue weighted by molar-refractivity contribution is 0.216. The summed E-state index contributed by atoms with van der Waals surface area (Å²) in [7, 11) is 0. The van der Waals surface area contributed by atoms with Gasteiger partial charge in [0.2, 0.25) is 0 Å². The van der Waals surface area contributed by atoms with E-state index in [4.69, 9.17) is 4.74 Å². The lowest BCUT2D eigenvalue weighted by Gasteiger charge is -2.07. The standard InChI is InChI=1S/C17H30O/c1-4-7-9-10-11-12-14-16-17(18-6-3)15-13-8-5-2/h5,8,13,15H,2,4,6-7,9-12,14,16H2,1,3H3/b13-8+,17-15-. The number of hydrogen-bond acceptors (Lipinski definition) is 1. The third-order valence-corrected chi connectivity index (χ3v) is 2.89. The van der Waals surface area contributed by atoms with Crippen LogP contribution in [0.2, 0.25) is 0 Å². The highest BCUT2D eigenvalue weighted by Crippen LogP contribution is 2.13. The Morgan fingerprint density at radius 2 is 1.61 bits per heavy atom. The molecule has 0 atom stereocenters. The second kappa shape index (κ2) is 14.1. The lowest BCUT2D eigenvalue weighted by Crippen LogP contribution is -1.92. The van der Waals surface area contributed by atoms with Gasteiger partial charge < -0.3 is 4.74 Å². The van der Waals surface area contributed by atoms with Crippen LogP contribution >= 0.6 is 0 Å². The van der Waals surface area contributed by atoms with Crippen LogP contribution in [-0.4, -0.2) is 6.61 Å². The van der Waals surface area contributed by atoms with E-state index in [9.17, 15) is 0 Å². The molecule has 0 aromatic heterocycles. The van der Waals surface area contributed by atoms with Crippen molar-refractivity contribution < 1.29 is 4.74 Å². The number of unbranched alkanes of at least 4 members (excludes halogenated alkanes) is 6. The first-order valence-electron chi connectivity index (χ1n) is 7.46. The maximum absolute atomic E-state index is 5.61. The summed E-state index contributed by atoms with van der Waals surface area (Å²) in [6, 6.07) is 0. The van der Waals surface area contributed by atoms with Gasteiger partial charge in [-0.1, -0.05) is 70.3 Å². The summed E-state index contributed by atoms with van der Waals surface area (Å²) in [5.74, 6) is 1.10. The van der Waals surface area contributed by atoms with E-state index in [0.717, 1.165) is 18.8 Å². The van der Waals surface area contributed by atoms with Crippen molar-refractivity contribution in [1.29, 1.82) is 0 Å². The van der Waals surface area contributed by atoms with E-state index in [1.165, 1.54) is 44.9 Å². The fourth-order valence-corrected chi connectivity index (χ4v) is 1.89. The highest BCUT2D eigenvalue weighted by atomic mass is 16.5. The SMILES string of the molecule is C=C/C=C/C=C(/CCCCCCCCC)OCC. The van der Waals surface area contributed by atoms with Gasteiger partial charge in [0, 0.05) is 6.42 Å². The van der Waals surface area contributed by atoms with Crippen LogP contribution in [0.25, 0.3) is 0 Å². The average Bonchev–Trinajstić information content (AvgIpc) is 2.38. The van der Waals surface area contributed by atoms with Gasteiger partial charge in [-0.25, -0.2) is 0 Å². The third-order valence-electron chi connectivity index (χ3n) is 2.89. The van der Waals surface area contributed by atoms with Crippen LogP contribution in [0.5, 0.6) is 0 Å². The average molecular weight is 250 g/mol. The monoisotopic (exact) mass is 250 g/mol. The van der Waals surface area contributed by atoms with Gasteiger partial charge in [-0.3, -0.25) is 0 Å². The molecule has 0 fully saturated rings. The van der Waals surface area contributed by atoms with E-state index in [0.29, 0.717) is 0 Å². The molecule has 0 saturated heterocycles. The van der Waals surface area contributed by atoms with Crippen LogP contribution < -0.4 is 0 Å². The molecule has 0 aliphatic carbocycles. The first-order chi connectivity index (χ1) is 8.85. The molecule has 0 bridgehead atoms. The molecule has 1 nitrogen and oxygen atoms in total. The van der Waals surface area contributed by atoms with Crippen molar-refractivity contribution >= 4 is 0 Å². The van der Waals surface area contributed by atoms with Gasteiger partial charge in [-0.2, -0.15) is 0 Å². The summed E-state index contributed by atoms with van der Waals surface area (Å²) in [4.78, 5) is 0. The molecule has 0 radical (unpaired) electrons. The van der Waals surface area contributed by atoms with E-state index >= 15 is 0 Å². The van der Waals surface area contributed by atoms with Crippen molar-refractivity contribution in [3.05, 3.63) is 36.6 Å². The predicted octanol–water partition coefficient (Wildman–Crippen LogP) is 5.79. The lowest BCUT2D eigenvalue weighted by atomic mass is 10.1. The van der Waals surface area contributed by atoms with E-state index < -0.39 is 0 Å². The number of allylic oxidation sites excluding steroid dienone is 5. The number of hydrogen-bond donors (Lipinski definition) is 0. The molecule has 0 aliphatic rings. The van der Waals surface area contributed by atoms with E-state index in [1.54, 1.807) is 6.08 Å². The Balaban J connectivity index is 3.66. The van der Waals surface area contributed by atoms with Crippen molar-refractivity contribution in [2.24, 2.45) is 0 Å². The fourth-order valence-electron chi connectivity index (χ4n) is 1.89. The predicted molar refractivity (Wildman–Crippen MR) is 81.7 cm³/mol. The molecule has 0 aliphatic heterocycles. The molecular formula is C17H30O. The van der Waals surface area contributed by atoms with Crippen molar-refractivity contribution in [2.75, 3.05) is 6.61 Å². The molecule has 104 valence electrons. The van der Waals surface area contributed by atoms with Crippen LogP contribution in [-0.2, 0) is 4.74 Å². The van der Waals surface area contributed by atoms with Crippen LogP contribution in [0.1, 0.15) is 65.2 Å². The maximum atomic E-state index is 5.61. The summed E-state index contributed by atoms with van der Waals surface area (Å²) in [6.07, 6.45) is 18.2. The van der Waals surface area contributed by atoms with Crippen molar-refractivity contribution in [3.63, 3.8) is 0 Å². The van der Waals surface area contributed by atoms with Crippen LogP contribution in [0, 0.1) is 0 Å². The smallest absolute Gasteiger partial charge is 0.0959 e. The molecule has 0 aromatic rings. The number of rotatable bonds is 12. The Morgan fingerprint density at radius 1 is 0.944 bits per heavy atom. The molecule has 0 amide bonds. The first kappa shape index (κ1) is 17.0. The second-order valence-corrected chi connectivity index (χ2v) is 4.56. The quantitative estimate of drug-likeness (QED) is 0.242. The van der Waals surface area contributed by atoms with E-state index in [-0.39, 0.29) is 0 Å². The van der Waals surface area contributed by atoms with Crippen LogP contribution in [0.4, 0.5) is 0 Å². The van der Waals surface area contributed by atoms with Gasteiger partial charge in [0.05, 0.1) is 12.4 Å². The van der Waals surface area contributed by atoms with E-state index in [1.807, 2.05) is 19.1 Å². The molecular weight excluding hydrogens is 220 g/mol. The molecule has 0 saturated carbocycles. The molecule has 0 unspecified atom stereocenters. The van der Waals surface area contributed by atoms with Gasteiger partial charge in [0.25, 0.3) is 0 Å². The zero-order chi connectivity index (χ0) is 13.5. The molecule has 0 N–H and O–H groups in total. The van der Waals surface area contributed by atoms with Gasteiger partial charge in [0.15, 0.2) is 0 Å². The van der Waals surface area contributed by atoms with Gasteiger partial charge in [0.1, 0.15) is 0 Å². The largest absolute Gasteiger partial charge is 0.498 e. The third kappa shape index (κ3) is 11.5. The highest BCUT2D eigenvalue weighted by molar-refractivity contribution is 5.12. The second-order valence-electron chi connectivity index (χ2n) is 4.56. The summed E-state index contributed by atoms with van der Waals surface area (Å²) in [5, 5.41) is 0. The Bertz CT molecular complexity index is 238. The molecule has 0 aromatic carbocycles. The zero-order valence-corrected chi connectivity index (χ0v) is 12.3. The summed E-state index contributed by atoms with van der Waals surface area (Å²) < 4.78 is 5.61. The summed E-state index contributed by atoms with van der Waals surface area (Å²) >= 11 is 0. The maximum Gasteiger partial charge on any atom is 0.0959 e. The van der Waals surface area contributed by atoms with E-state index in [2.05, 4.69) is 19.6 Å². The Labute approximate surface area is 114 Å². The van der Waals surface area contributed by atoms with Crippen LogP contribution in [0.3, 0.4) is 0 Å². The van der Waals surface area contributed by atoms with Crippen molar-refractivity contribution in [1.82, 2.24) is 0 Å². The minimum absolute atomic E-state index is 0.754. The zero-order valence-electron chi connectivity index (χ0n) is 12.3. The topological polar surface area (TPSA) is 9.23 Å². The Kier molecular flexibility index (Phi) is 13.3. The van der Waals surface area contributed by atoms with Gasteiger partial charge in [-0.05, 0) is 19.4 Å².